The van der Waals surface area contributed by atoms with E-state index in [4.69, 9.17) is 5.11 Å². The molecule has 0 spiro atoms. The van der Waals surface area contributed by atoms with Gasteiger partial charge in [-0.15, -0.1) is 0 Å². The van der Waals surface area contributed by atoms with Crippen molar-refractivity contribution in [1.82, 2.24) is 0 Å². The maximum absolute atomic E-state index is 10.6. The Bertz CT molecular complexity index is 422. The maximum Gasteiger partial charge on any atom is 0.337 e. The van der Waals surface area contributed by atoms with Gasteiger partial charge in [0, 0.05) is 23.1 Å². The topological polar surface area (TPSA) is 46.5 Å². The quantitative estimate of drug-likeness (QED) is 0.299. The fourth-order valence-electron chi connectivity index (χ4n) is 1.03. The largest absolute Gasteiger partial charge is 0.480 e. The molecule has 0 unspecified atom stereocenters. The average molecular weight is 285 g/mol. The van der Waals surface area contributed by atoms with Crippen LogP contribution in [0.4, 0.5) is 0 Å². The van der Waals surface area contributed by atoms with Crippen LogP contribution in [0.2, 0.25) is 0 Å². The molecule has 0 bridgehead atoms. The van der Waals surface area contributed by atoms with Gasteiger partial charge in [0.05, 0.1) is 5.57 Å². The zero-order chi connectivity index (χ0) is 12.5. The van der Waals surface area contributed by atoms with Gasteiger partial charge in [0.25, 0.3) is 5.95 Å². The molecule has 0 fully saturated rings. The Morgan fingerprint density at radius 2 is 1.83 bits per heavy atom. The van der Waals surface area contributed by atoms with Crippen molar-refractivity contribution in [2.75, 3.05) is 0 Å². The molecule has 96 valence electrons. The summed E-state index contributed by atoms with van der Waals surface area (Å²) in [5, 5.41) is 9.14. The van der Waals surface area contributed by atoms with Gasteiger partial charge < -0.3 is 9.84 Å². The van der Waals surface area contributed by atoms with Crippen LogP contribution in [0.15, 0.2) is 78.8 Å². The zero-order valence-corrected chi connectivity index (χ0v) is 10.7. The first-order valence-electron chi connectivity index (χ1n) is 5.03. The first-order valence-corrected chi connectivity index (χ1v) is 5.03. The van der Waals surface area contributed by atoms with Crippen LogP contribution in [-0.4, -0.2) is 11.1 Å². The van der Waals surface area contributed by atoms with Crippen molar-refractivity contribution in [2.45, 2.75) is 0 Å². The SMILES string of the molecule is C=CC(=O)OC(O)=C1C=CC=C1.[Fe].c1cc[cH-]c1. The minimum Gasteiger partial charge on any atom is -0.480 e. The van der Waals surface area contributed by atoms with E-state index in [0.717, 1.165) is 6.08 Å². The van der Waals surface area contributed by atoms with Crippen LogP contribution in [0, 0.1) is 0 Å². The third-order valence-electron chi connectivity index (χ3n) is 1.83. The van der Waals surface area contributed by atoms with Crippen molar-refractivity contribution in [3.63, 3.8) is 0 Å². The molecule has 0 aromatic heterocycles. The van der Waals surface area contributed by atoms with Crippen molar-refractivity contribution >= 4 is 5.97 Å². The molecule has 1 aromatic carbocycles. The molecular formula is C14H13FeO3-. The van der Waals surface area contributed by atoms with E-state index in [2.05, 4.69) is 11.3 Å². The summed E-state index contributed by atoms with van der Waals surface area (Å²) in [6.45, 7) is 3.20. The Balaban J connectivity index is 0.000000405. The van der Waals surface area contributed by atoms with Crippen LogP contribution in [0.5, 0.6) is 0 Å². The smallest absolute Gasteiger partial charge is 0.337 e. The molecule has 0 atom stereocenters. The van der Waals surface area contributed by atoms with Gasteiger partial charge in [0.1, 0.15) is 0 Å². The van der Waals surface area contributed by atoms with Crippen molar-refractivity contribution in [3.05, 3.63) is 78.8 Å². The van der Waals surface area contributed by atoms with E-state index in [-0.39, 0.29) is 17.1 Å². The Morgan fingerprint density at radius 3 is 2.22 bits per heavy atom. The number of hydrogen-bond donors (Lipinski definition) is 1. The average Bonchev–Trinajstić information content (AvgIpc) is 3.04. The van der Waals surface area contributed by atoms with Crippen LogP contribution >= 0.6 is 0 Å². The molecule has 0 saturated heterocycles. The Hall–Kier alpha value is -1.90. The predicted octanol–water partition coefficient (Wildman–Crippen LogP) is 3.01. The minimum absolute atomic E-state index is 0. The Morgan fingerprint density at radius 1 is 1.28 bits per heavy atom. The van der Waals surface area contributed by atoms with Crippen molar-refractivity contribution in [1.29, 1.82) is 0 Å². The second-order valence-electron chi connectivity index (χ2n) is 3.07. The van der Waals surface area contributed by atoms with Crippen LogP contribution in [0.25, 0.3) is 0 Å². The summed E-state index contributed by atoms with van der Waals surface area (Å²) in [5.74, 6) is -1.07. The molecule has 2 rings (SSSR count). The van der Waals surface area contributed by atoms with E-state index in [9.17, 15) is 4.79 Å². The van der Waals surface area contributed by atoms with Gasteiger partial charge in [-0.1, -0.05) is 18.7 Å². The molecule has 0 aliphatic heterocycles. The van der Waals surface area contributed by atoms with E-state index in [1.165, 1.54) is 0 Å². The first kappa shape index (κ1) is 16.1. The molecule has 1 aliphatic carbocycles. The van der Waals surface area contributed by atoms with Crippen molar-refractivity contribution in [2.24, 2.45) is 0 Å². The summed E-state index contributed by atoms with van der Waals surface area (Å²) >= 11 is 0. The van der Waals surface area contributed by atoms with E-state index in [1.807, 2.05) is 30.3 Å². The van der Waals surface area contributed by atoms with Gasteiger partial charge in [0.2, 0.25) is 0 Å². The fraction of sp³-hybridized carbons (Fsp3) is 0. The van der Waals surface area contributed by atoms with Gasteiger partial charge in [-0.2, -0.15) is 18.2 Å². The number of hydrogen-bond acceptors (Lipinski definition) is 3. The molecule has 0 heterocycles. The number of ether oxygens (including phenoxy) is 1. The molecule has 0 saturated carbocycles. The Kier molecular flexibility index (Phi) is 8.20. The summed E-state index contributed by atoms with van der Waals surface area (Å²) in [6, 6.07) is 10.0. The van der Waals surface area contributed by atoms with Crippen molar-refractivity contribution < 1.29 is 31.7 Å². The summed E-state index contributed by atoms with van der Waals surface area (Å²) in [4.78, 5) is 10.6. The Labute approximate surface area is 117 Å². The van der Waals surface area contributed by atoms with Crippen LogP contribution in [-0.2, 0) is 26.6 Å². The molecule has 18 heavy (non-hydrogen) atoms. The van der Waals surface area contributed by atoms with Gasteiger partial charge in [-0.25, -0.2) is 16.9 Å². The number of rotatable bonds is 2. The third kappa shape index (κ3) is 5.99. The van der Waals surface area contributed by atoms with Gasteiger partial charge in [-0.05, 0) is 12.2 Å². The van der Waals surface area contributed by atoms with E-state index in [1.54, 1.807) is 24.3 Å². The minimum atomic E-state index is -0.672. The molecule has 1 N–H and O–H groups in total. The summed E-state index contributed by atoms with van der Waals surface area (Å²) < 4.78 is 4.46. The molecule has 0 radical (unpaired) electrons. The number of carbonyl (C=O) groups is 1. The third-order valence-corrected chi connectivity index (χ3v) is 1.83. The van der Waals surface area contributed by atoms with Gasteiger partial charge in [-0.3, -0.25) is 0 Å². The normalized spacial score (nSPS) is 11.0. The summed E-state index contributed by atoms with van der Waals surface area (Å²) in [7, 11) is 0. The molecule has 0 amide bonds. The molecule has 1 aliphatic rings. The predicted molar refractivity (Wildman–Crippen MR) is 66.3 cm³/mol. The summed E-state index contributed by atoms with van der Waals surface area (Å²) in [6.07, 6.45) is 7.71. The molecular weight excluding hydrogens is 272 g/mol. The molecule has 1 aromatic rings. The fourth-order valence-corrected chi connectivity index (χ4v) is 1.03. The number of aliphatic hydroxyl groups is 1. The second-order valence-corrected chi connectivity index (χ2v) is 3.07. The van der Waals surface area contributed by atoms with Crippen LogP contribution in [0.1, 0.15) is 0 Å². The maximum atomic E-state index is 10.6. The first-order chi connectivity index (χ1) is 8.24. The van der Waals surface area contributed by atoms with Crippen molar-refractivity contribution in [3.8, 4) is 0 Å². The van der Waals surface area contributed by atoms with E-state index < -0.39 is 11.9 Å². The monoisotopic (exact) mass is 285 g/mol. The number of allylic oxidation sites excluding steroid dienone is 5. The van der Waals surface area contributed by atoms with E-state index in [0.29, 0.717) is 5.57 Å². The second kappa shape index (κ2) is 9.16. The van der Waals surface area contributed by atoms with Crippen LogP contribution in [0.3, 0.4) is 0 Å². The number of aliphatic hydroxyl groups excluding tert-OH is 1. The number of esters is 1. The molecule has 3 nitrogen and oxygen atoms in total. The zero-order valence-electron chi connectivity index (χ0n) is 9.60. The van der Waals surface area contributed by atoms with E-state index >= 15 is 0 Å². The van der Waals surface area contributed by atoms with Gasteiger partial charge in [0.15, 0.2) is 0 Å². The number of carbonyl (C=O) groups excluding carboxylic acids is 1. The molecule has 4 heteroatoms. The van der Waals surface area contributed by atoms with Gasteiger partial charge >= 0.3 is 5.97 Å². The summed E-state index contributed by atoms with van der Waals surface area (Å²) in [5.41, 5.74) is 0.477. The van der Waals surface area contributed by atoms with Crippen LogP contribution < -0.4 is 0 Å². The standard InChI is InChI=1S/C9H8O3.C5H5.Fe/c1-2-8(10)12-9(11)7-5-3-4-6-7;1-2-4-5-3-1;/h2-6,11H,1H2;1-5H;/q;-1;.